The Morgan fingerprint density at radius 2 is 1.87 bits per heavy atom. The maximum Gasteiger partial charge on any atom is 0.335 e. The Bertz CT molecular complexity index is 1060. The maximum atomic E-state index is 12.9. The number of halogens is 1. The first kappa shape index (κ1) is 21.0. The Labute approximate surface area is 176 Å². The fraction of sp³-hybridized carbons (Fsp3) is 0.150. The number of nitro benzene ring substituents is 1. The molecular weight excluding hydrogens is 414 g/mol. The molecule has 0 bridgehead atoms. The van der Waals surface area contributed by atoms with Crippen LogP contribution in [0.3, 0.4) is 0 Å². The molecule has 2 aromatic rings. The number of non-ortho nitro benzene ring substituents is 1. The number of hydrogen-bond donors (Lipinski definition) is 1. The lowest BCUT2D eigenvalue weighted by atomic mass is 10.1. The van der Waals surface area contributed by atoms with Gasteiger partial charge in [0.25, 0.3) is 17.5 Å². The third kappa shape index (κ3) is 4.31. The number of anilines is 1. The molecule has 10 heteroatoms. The number of nitro groups is 1. The summed E-state index contributed by atoms with van der Waals surface area (Å²) in [4.78, 5) is 48.5. The van der Waals surface area contributed by atoms with E-state index in [1.54, 1.807) is 12.1 Å². The van der Waals surface area contributed by atoms with Crippen molar-refractivity contribution in [3.05, 3.63) is 68.7 Å². The van der Waals surface area contributed by atoms with Crippen LogP contribution in [0.4, 0.5) is 16.2 Å². The predicted molar refractivity (Wildman–Crippen MR) is 109 cm³/mol. The van der Waals surface area contributed by atoms with Gasteiger partial charge in [-0.2, -0.15) is 0 Å². The van der Waals surface area contributed by atoms with Crippen molar-refractivity contribution < 1.29 is 24.0 Å². The van der Waals surface area contributed by atoms with Gasteiger partial charge in [-0.1, -0.05) is 18.5 Å². The van der Waals surface area contributed by atoms with Crippen molar-refractivity contribution in [3.63, 3.8) is 0 Å². The zero-order valence-corrected chi connectivity index (χ0v) is 16.5. The van der Waals surface area contributed by atoms with E-state index in [4.69, 9.17) is 16.3 Å². The lowest BCUT2D eigenvalue weighted by Crippen LogP contribution is -2.54. The fourth-order valence-electron chi connectivity index (χ4n) is 2.75. The van der Waals surface area contributed by atoms with Gasteiger partial charge in [0.15, 0.2) is 0 Å². The van der Waals surface area contributed by atoms with E-state index in [2.05, 4.69) is 5.32 Å². The molecule has 2 aromatic carbocycles. The van der Waals surface area contributed by atoms with Crippen LogP contribution in [0.25, 0.3) is 6.08 Å². The van der Waals surface area contributed by atoms with Crippen LogP contribution in [0, 0.1) is 10.1 Å². The lowest BCUT2D eigenvalue weighted by molar-refractivity contribution is -0.384. The van der Waals surface area contributed by atoms with E-state index in [0.29, 0.717) is 22.9 Å². The van der Waals surface area contributed by atoms with E-state index in [9.17, 15) is 24.5 Å². The van der Waals surface area contributed by atoms with Crippen LogP contribution in [-0.4, -0.2) is 29.4 Å². The summed E-state index contributed by atoms with van der Waals surface area (Å²) in [6.07, 6.45) is 2.04. The highest BCUT2D eigenvalue weighted by Crippen LogP contribution is 2.28. The topological polar surface area (TPSA) is 119 Å². The number of urea groups is 1. The smallest absolute Gasteiger partial charge is 0.335 e. The number of benzene rings is 2. The molecule has 1 aliphatic heterocycles. The number of rotatable bonds is 6. The quantitative estimate of drug-likeness (QED) is 0.323. The Hall–Kier alpha value is -3.72. The Balaban J connectivity index is 2.00. The maximum absolute atomic E-state index is 12.9. The van der Waals surface area contributed by atoms with Crippen LogP contribution in [0.2, 0.25) is 5.02 Å². The Kier molecular flexibility index (Phi) is 6.12. The van der Waals surface area contributed by atoms with E-state index in [-0.39, 0.29) is 16.9 Å². The number of carbonyl (C=O) groups is 3. The SMILES string of the molecule is CCCOc1ccc(Cl)cc1/C=C1\C(=O)NC(=O)N(c2ccc([N+](=O)[O-])cc2)C1=O. The van der Waals surface area contributed by atoms with Crippen molar-refractivity contribution in [2.75, 3.05) is 11.5 Å². The van der Waals surface area contributed by atoms with Gasteiger partial charge in [0.05, 0.1) is 17.2 Å². The van der Waals surface area contributed by atoms with Gasteiger partial charge >= 0.3 is 6.03 Å². The number of barbiturate groups is 1. The van der Waals surface area contributed by atoms with Gasteiger partial charge in [-0.3, -0.25) is 25.0 Å². The number of hydrogen-bond acceptors (Lipinski definition) is 6. The molecule has 1 aliphatic rings. The molecular formula is C20H16ClN3O6. The number of nitrogens with one attached hydrogen (secondary N) is 1. The first-order chi connectivity index (χ1) is 14.3. The first-order valence-corrected chi connectivity index (χ1v) is 9.28. The van der Waals surface area contributed by atoms with Gasteiger partial charge in [0.2, 0.25) is 0 Å². The van der Waals surface area contributed by atoms with E-state index in [1.807, 2.05) is 6.92 Å². The lowest BCUT2D eigenvalue weighted by Gasteiger charge is -2.26. The second-order valence-corrected chi connectivity index (χ2v) is 6.70. The van der Waals surface area contributed by atoms with Crippen molar-refractivity contribution in [2.45, 2.75) is 13.3 Å². The molecule has 0 radical (unpaired) electrons. The second kappa shape index (κ2) is 8.75. The van der Waals surface area contributed by atoms with Crippen LogP contribution < -0.4 is 15.0 Å². The summed E-state index contributed by atoms with van der Waals surface area (Å²) in [5.74, 6) is -1.32. The zero-order valence-electron chi connectivity index (χ0n) is 15.8. The summed E-state index contributed by atoms with van der Waals surface area (Å²) in [6.45, 7) is 2.35. The minimum atomic E-state index is -0.954. The molecule has 30 heavy (non-hydrogen) atoms. The van der Waals surface area contributed by atoms with E-state index < -0.39 is 22.8 Å². The highest BCUT2D eigenvalue weighted by atomic mass is 35.5. The number of ether oxygens (including phenoxy) is 1. The molecule has 4 amide bonds. The third-order valence-electron chi connectivity index (χ3n) is 4.15. The first-order valence-electron chi connectivity index (χ1n) is 8.90. The van der Waals surface area contributed by atoms with E-state index >= 15 is 0 Å². The summed E-state index contributed by atoms with van der Waals surface area (Å²) >= 11 is 6.04. The zero-order chi connectivity index (χ0) is 21.8. The van der Waals surface area contributed by atoms with Crippen molar-refractivity contribution in [3.8, 4) is 5.75 Å². The highest BCUT2D eigenvalue weighted by molar-refractivity contribution is 6.39. The minimum absolute atomic E-state index is 0.0788. The van der Waals surface area contributed by atoms with Gasteiger partial charge in [-0.15, -0.1) is 0 Å². The molecule has 0 unspecified atom stereocenters. The molecule has 0 spiro atoms. The highest BCUT2D eigenvalue weighted by Gasteiger charge is 2.37. The van der Waals surface area contributed by atoms with Crippen LogP contribution in [0.1, 0.15) is 18.9 Å². The standard InChI is InChI=1S/C20H16ClN3O6/c1-2-9-30-17-8-3-13(21)10-12(17)11-16-18(25)22-20(27)23(19(16)26)14-4-6-15(7-5-14)24(28)29/h3-8,10-11H,2,9H2,1H3,(H,22,25,27)/b16-11+. The van der Waals surface area contributed by atoms with Crippen molar-refractivity contribution >= 4 is 46.9 Å². The molecule has 3 rings (SSSR count). The second-order valence-electron chi connectivity index (χ2n) is 6.26. The van der Waals surface area contributed by atoms with Crippen LogP contribution >= 0.6 is 11.6 Å². The largest absolute Gasteiger partial charge is 0.493 e. The van der Waals surface area contributed by atoms with Crippen LogP contribution in [-0.2, 0) is 9.59 Å². The van der Waals surface area contributed by atoms with Gasteiger partial charge in [-0.25, -0.2) is 9.69 Å². The van der Waals surface area contributed by atoms with Crippen molar-refractivity contribution in [2.24, 2.45) is 0 Å². The van der Waals surface area contributed by atoms with Gasteiger partial charge in [0, 0.05) is 22.7 Å². The van der Waals surface area contributed by atoms with Crippen LogP contribution in [0.5, 0.6) is 5.75 Å². The summed E-state index contributed by atoms with van der Waals surface area (Å²) in [5.41, 5.74) is -0.0360. The average molecular weight is 430 g/mol. The number of carbonyl (C=O) groups excluding carboxylic acids is 3. The molecule has 0 aromatic heterocycles. The van der Waals surface area contributed by atoms with Crippen molar-refractivity contribution in [1.82, 2.24) is 5.32 Å². The van der Waals surface area contributed by atoms with Crippen LogP contribution in [0.15, 0.2) is 48.0 Å². The summed E-state index contributed by atoms with van der Waals surface area (Å²) in [7, 11) is 0. The predicted octanol–water partition coefficient (Wildman–Crippen LogP) is 3.70. The third-order valence-corrected chi connectivity index (χ3v) is 4.39. The van der Waals surface area contributed by atoms with Gasteiger partial charge < -0.3 is 4.74 Å². The molecule has 0 aliphatic carbocycles. The van der Waals surface area contributed by atoms with E-state index in [0.717, 1.165) is 23.5 Å². The number of imide groups is 2. The molecule has 0 saturated carbocycles. The molecule has 154 valence electrons. The molecule has 1 fully saturated rings. The average Bonchev–Trinajstić information content (AvgIpc) is 2.70. The molecule has 1 saturated heterocycles. The monoisotopic (exact) mass is 429 g/mol. The Morgan fingerprint density at radius 1 is 1.17 bits per heavy atom. The minimum Gasteiger partial charge on any atom is -0.493 e. The summed E-state index contributed by atoms with van der Waals surface area (Å²) in [6, 6.07) is 8.62. The summed E-state index contributed by atoms with van der Waals surface area (Å²) in [5, 5.41) is 13.3. The molecule has 9 nitrogen and oxygen atoms in total. The van der Waals surface area contributed by atoms with E-state index in [1.165, 1.54) is 24.3 Å². The Morgan fingerprint density at radius 3 is 2.50 bits per heavy atom. The molecule has 0 atom stereocenters. The fourth-order valence-corrected chi connectivity index (χ4v) is 2.93. The van der Waals surface area contributed by atoms with Gasteiger partial charge in [0.1, 0.15) is 11.3 Å². The molecule has 1 heterocycles. The summed E-state index contributed by atoms with van der Waals surface area (Å²) < 4.78 is 5.63. The molecule has 1 N–H and O–H groups in total. The van der Waals surface area contributed by atoms with Gasteiger partial charge in [-0.05, 0) is 42.8 Å². The van der Waals surface area contributed by atoms with Crippen molar-refractivity contribution in [1.29, 1.82) is 0 Å². The normalized spacial score (nSPS) is 15.3. The number of amides is 4. The number of nitrogens with zero attached hydrogens (tertiary/aromatic N) is 2.